The van der Waals surface area contributed by atoms with Crippen molar-refractivity contribution in [3.8, 4) is 0 Å². The van der Waals surface area contributed by atoms with Gasteiger partial charge in [-0.15, -0.1) is 0 Å². The Morgan fingerprint density at radius 3 is 2.11 bits per heavy atom. The van der Waals surface area contributed by atoms with Crippen molar-refractivity contribution in [3.63, 3.8) is 0 Å². The fourth-order valence-corrected chi connectivity index (χ4v) is 2.16. The van der Waals surface area contributed by atoms with Crippen LogP contribution in [0.4, 0.5) is 0 Å². The van der Waals surface area contributed by atoms with Gasteiger partial charge in [-0.1, -0.05) is 19.4 Å². The van der Waals surface area contributed by atoms with Crippen LogP contribution in [0.2, 0.25) is 0 Å². The predicted octanol–water partition coefficient (Wildman–Crippen LogP) is 3.52. The molecular weight excluding hydrogens is 223 g/mol. The smallest absolute Gasteiger partial charge is 0.00991 e. The van der Waals surface area contributed by atoms with Crippen molar-refractivity contribution in [3.05, 3.63) is 9.15 Å². The van der Waals surface area contributed by atoms with Gasteiger partial charge in [0.15, 0.2) is 0 Å². The molecule has 9 heavy (non-hydrogen) atoms. The monoisotopic (exact) mass is 236 g/mol. The molecule has 52 valence electrons. The fraction of sp³-hybridized carbons (Fsp3) is 0.750. The Kier molecular flexibility index (Phi) is 1.90. The van der Waals surface area contributed by atoms with E-state index in [2.05, 4.69) is 43.4 Å². The summed E-state index contributed by atoms with van der Waals surface area (Å²) in [7, 11) is 0. The van der Waals surface area contributed by atoms with Crippen LogP contribution in [-0.2, 0) is 0 Å². The molecular formula is C8H13I. The average Bonchev–Trinajstić information content (AvgIpc) is 1.97. The minimum Gasteiger partial charge on any atom is -0.0584 e. The van der Waals surface area contributed by atoms with Crippen LogP contribution < -0.4 is 0 Å². The topological polar surface area (TPSA) is 0 Å². The van der Waals surface area contributed by atoms with Crippen LogP contribution in [0.25, 0.3) is 0 Å². The van der Waals surface area contributed by atoms with E-state index in [0.717, 1.165) is 0 Å². The SMILES string of the molecule is CC1=C(I)CCC1(C)C. The Hall–Kier alpha value is 0.470. The van der Waals surface area contributed by atoms with Gasteiger partial charge in [-0.3, -0.25) is 0 Å². The summed E-state index contributed by atoms with van der Waals surface area (Å²) in [6, 6.07) is 0. The molecule has 0 fully saturated rings. The van der Waals surface area contributed by atoms with E-state index in [0.29, 0.717) is 5.41 Å². The van der Waals surface area contributed by atoms with Gasteiger partial charge in [0, 0.05) is 0 Å². The number of halogens is 1. The van der Waals surface area contributed by atoms with Crippen LogP contribution in [0.5, 0.6) is 0 Å². The molecule has 0 aromatic heterocycles. The lowest BCUT2D eigenvalue weighted by Gasteiger charge is -2.18. The van der Waals surface area contributed by atoms with Crippen molar-refractivity contribution in [1.82, 2.24) is 0 Å². The summed E-state index contributed by atoms with van der Waals surface area (Å²) in [5, 5.41) is 0. The average molecular weight is 236 g/mol. The van der Waals surface area contributed by atoms with E-state index < -0.39 is 0 Å². The molecule has 0 N–H and O–H groups in total. The van der Waals surface area contributed by atoms with Gasteiger partial charge in [0.25, 0.3) is 0 Å². The van der Waals surface area contributed by atoms with Crippen molar-refractivity contribution < 1.29 is 0 Å². The fourth-order valence-electron chi connectivity index (χ4n) is 1.16. The van der Waals surface area contributed by atoms with Crippen molar-refractivity contribution in [2.45, 2.75) is 33.6 Å². The van der Waals surface area contributed by atoms with Crippen LogP contribution in [-0.4, -0.2) is 0 Å². The normalized spacial score (nSPS) is 25.3. The molecule has 0 spiro atoms. The zero-order chi connectivity index (χ0) is 7.07. The van der Waals surface area contributed by atoms with E-state index >= 15 is 0 Å². The maximum absolute atomic E-state index is 2.46. The van der Waals surface area contributed by atoms with Gasteiger partial charge in [0.05, 0.1) is 0 Å². The lowest BCUT2D eigenvalue weighted by atomic mass is 9.87. The van der Waals surface area contributed by atoms with Crippen molar-refractivity contribution in [2.75, 3.05) is 0 Å². The molecule has 0 amide bonds. The van der Waals surface area contributed by atoms with E-state index in [1.54, 1.807) is 9.15 Å². The minimum atomic E-state index is 0.497. The van der Waals surface area contributed by atoms with Gasteiger partial charge in [-0.25, -0.2) is 0 Å². The lowest BCUT2D eigenvalue weighted by molar-refractivity contribution is 0.443. The summed E-state index contributed by atoms with van der Waals surface area (Å²) in [4.78, 5) is 0. The maximum Gasteiger partial charge on any atom is -0.00991 e. The number of hydrogen-bond donors (Lipinski definition) is 0. The second-order valence-corrected chi connectivity index (χ2v) is 4.72. The maximum atomic E-state index is 2.46. The Morgan fingerprint density at radius 2 is 2.00 bits per heavy atom. The molecule has 0 nitrogen and oxygen atoms in total. The molecule has 0 saturated heterocycles. The second-order valence-electron chi connectivity index (χ2n) is 3.41. The Balaban J connectivity index is 2.88. The molecule has 0 radical (unpaired) electrons. The first-order valence-electron chi connectivity index (χ1n) is 3.40. The summed E-state index contributed by atoms with van der Waals surface area (Å²) in [5.74, 6) is 0. The number of hydrogen-bond acceptors (Lipinski definition) is 0. The van der Waals surface area contributed by atoms with E-state index in [1.807, 2.05) is 0 Å². The quantitative estimate of drug-likeness (QED) is 0.564. The number of rotatable bonds is 0. The summed E-state index contributed by atoms with van der Waals surface area (Å²) in [5.41, 5.74) is 2.10. The van der Waals surface area contributed by atoms with Crippen molar-refractivity contribution >= 4 is 22.6 Å². The molecule has 1 rings (SSSR count). The highest BCUT2D eigenvalue weighted by Crippen LogP contribution is 2.44. The third-order valence-electron chi connectivity index (χ3n) is 2.39. The van der Waals surface area contributed by atoms with E-state index in [1.165, 1.54) is 12.8 Å². The first-order valence-corrected chi connectivity index (χ1v) is 4.47. The Morgan fingerprint density at radius 1 is 1.44 bits per heavy atom. The van der Waals surface area contributed by atoms with Crippen LogP contribution in [0, 0.1) is 5.41 Å². The molecule has 0 atom stereocenters. The third-order valence-corrected chi connectivity index (χ3v) is 3.74. The summed E-state index contributed by atoms with van der Waals surface area (Å²) < 4.78 is 1.58. The molecule has 0 aliphatic heterocycles. The van der Waals surface area contributed by atoms with Crippen molar-refractivity contribution in [2.24, 2.45) is 5.41 Å². The van der Waals surface area contributed by atoms with Crippen molar-refractivity contribution in [1.29, 1.82) is 0 Å². The van der Waals surface area contributed by atoms with Crippen LogP contribution >= 0.6 is 22.6 Å². The summed E-state index contributed by atoms with van der Waals surface area (Å²) in [6.07, 6.45) is 2.65. The largest absolute Gasteiger partial charge is 0.0584 e. The molecule has 1 aliphatic rings. The minimum absolute atomic E-state index is 0.497. The third kappa shape index (κ3) is 1.31. The first-order chi connectivity index (χ1) is 4.04. The summed E-state index contributed by atoms with van der Waals surface area (Å²) >= 11 is 2.46. The molecule has 1 heteroatoms. The Bertz CT molecular complexity index is 154. The molecule has 0 bridgehead atoms. The highest BCUT2D eigenvalue weighted by atomic mass is 127. The molecule has 0 aromatic rings. The molecule has 1 aliphatic carbocycles. The Labute approximate surface area is 70.9 Å². The molecule has 0 aromatic carbocycles. The standard InChI is InChI=1S/C8H13I/c1-6-7(9)4-5-8(6,2)3/h4-5H2,1-3H3. The van der Waals surface area contributed by atoms with Crippen LogP contribution in [0.15, 0.2) is 9.15 Å². The highest BCUT2D eigenvalue weighted by molar-refractivity contribution is 14.1. The van der Waals surface area contributed by atoms with Gasteiger partial charge in [0.1, 0.15) is 0 Å². The summed E-state index contributed by atoms with van der Waals surface area (Å²) in [6.45, 7) is 6.91. The van der Waals surface area contributed by atoms with E-state index in [-0.39, 0.29) is 0 Å². The zero-order valence-corrected chi connectivity index (χ0v) is 8.45. The van der Waals surface area contributed by atoms with E-state index in [4.69, 9.17) is 0 Å². The van der Waals surface area contributed by atoms with Crippen LogP contribution in [0.1, 0.15) is 33.6 Å². The number of allylic oxidation sites excluding steroid dienone is 2. The second kappa shape index (κ2) is 2.26. The van der Waals surface area contributed by atoms with Gasteiger partial charge in [-0.05, 0) is 51.4 Å². The predicted molar refractivity (Wildman–Crippen MR) is 49.7 cm³/mol. The van der Waals surface area contributed by atoms with Crippen LogP contribution in [0.3, 0.4) is 0 Å². The highest BCUT2D eigenvalue weighted by Gasteiger charge is 2.27. The van der Waals surface area contributed by atoms with E-state index in [9.17, 15) is 0 Å². The van der Waals surface area contributed by atoms with Gasteiger partial charge in [-0.2, -0.15) is 0 Å². The van der Waals surface area contributed by atoms with Gasteiger partial charge in [0.2, 0.25) is 0 Å². The molecule has 0 saturated carbocycles. The molecule has 0 unspecified atom stereocenters. The first kappa shape index (κ1) is 7.58. The lowest BCUT2D eigenvalue weighted by Crippen LogP contribution is -2.06. The van der Waals surface area contributed by atoms with Gasteiger partial charge >= 0.3 is 0 Å². The van der Waals surface area contributed by atoms with Gasteiger partial charge < -0.3 is 0 Å². The molecule has 0 heterocycles. The zero-order valence-electron chi connectivity index (χ0n) is 6.29.